The molecule has 0 saturated heterocycles. The number of amides is 1. The van der Waals surface area contributed by atoms with E-state index in [1.54, 1.807) is 24.3 Å². The van der Waals surface area contributed by atoms with Crippen molar-refractivity contribution < 1.29 is 13.2 Å². The van der Waals surface area contributed by atoms with E-state index >= 15 is 0 Å². The third-order valence-corrected chi connectivity index (χ3v) is 7.32. The molecule has 33 heavy (non-hydrogen) atoms. The monoisotopic (exact) mass is 461 g/mol. The molecule has 4 N–H and O–H groups in total. The van der Waals surface area contributed by atoms with Gasteiger partial charge in [-0.3, -0.25) is 4.79 Å². The molecule has 1 unspecified atom stereocenters. The summed E-state index contributed by atoms with van der Waals surface area (Å²) in [6.45, 7) is 2.39. The van der Waals surface area contributed by atoms with Crippen molar-refractivity contribution in [3.63, 3.8) is 0 Å². The molecule has 0 fully saturated rings. The van der Waals surface area contributed by atoms with Gasteiger partial charge in [0.25, 0.3) is 0 Å². The average Bonchev–Trinajstić information content (AvgIpc) is 2.82. The molecule has 4 aromatic carbocycles. The molecule has 7 heteroatoms. The summed E-state index contributed by atoms with van der Waals surface area (Å²) in [5, 5.41) is 6.47. The fourth-order valence-electron chi connectivity index (χ4n) is 4.07. The van der Waals surface area contributed by atoms with E-state index in [2.05, 4.69) is 10.0 Å². The fourth-order valence-corrected chi connectivity index (χ4v) is 5.51. The summed E-state index contributed by atoms with van der Waals surface area (Å²) < 4.78 is 29.1. The number of rotatable bonds is 8. The summed E-state index contributed by atoms with van der Waals surface area (Å²) in [5.74, 6) is -0.409. The summed E-state index contributed by atoms with van der Waals surface area (Å²) in [7, 11) is -3.95. The van der Waals surface area contributed by atoms with Crippen LogP contribution in [0.25, 0.3) is 21.5 Å². The molecule has 0 radical (unpaired) electrons. The standard InChI is InChI=1S/C26H27N3O3S/c1-18-13-14-25(23-12-5-4-10-21(18)23)33(31,32)29-24(15-16-27)26(30)28-17-20-9-6-8-19-7-2-3-11-22(19)20/h2-14,24,29H,15-17,27H2,1H3,(H,28,30). The van der Waals surface area contributed by atoms with Gasteiger partial charge in [-0.05, 0) is 53.2 Å². The van der Waals surface area contributed by atoms with Crippen molar-refractivity contribution in [1.82, 2.24) is 10.0 Å². The van der Waals surface area contributed by atoms with E-state index in [9.17, 15) is 13.2 Å². The van der Waals surface area contributed by atoms with E-state index in [0.717, 1.165) is 27.3 Å². The quantitative estimate of drug-likeness (QED) is 0.373. The van der Waals surface area contributed by atoms with E-state index in [4.69, 9.17) is 5.73 Å². The van der Waals surface area contributed by atoms with Gasteiger partial charge in [0.15, 0.2) is 0 Å². The Balaban J connectivity index is 1.56. The Bertz CT molecular complexity index is 1410. The Morgan fingerprint density at radius 2 is 1.55 bits per heavy atom. The Hall–Kier alpha value is -3.26. The number of fused-ring (bicyclic) bond motifs is 2. The van der Waals surface area contributed by atoms with Crippen LogP contribution in [0, 0.1) is 6.92 Å². The van der Waals surface area contributed by atoms with Gasteiger partial charge >= 0.3 is 0 Å². The van der Waals surface area contributed by atoms with Crippen LogP contribution in [0.4, 0.5) is 0 Å². The first-order valence-corrected chi connectivity index (χ1v) is 12.3. The lowest BCUT2D eigenvalue weighted by atomic mass is 10.0. The highest BCUT2D eigenvalue weighted by Gasteiger charge is 2.26. The Morgan fingerprint density at radius 3 is 2.30 bits per heavy atom. The minimum absolute atomic E-state index is 0.146. The average molecular weight is 462 g/mol. The van der Waals surface area contributed by atoms with Crippen molar-refractivity contribution in [3.8, 4) is 0 Å². The molecule has 0 heterocycles. The minimum Gasteiger partial charge on any atom is -0.351 e. The lowest BCUT2D eigenvalue weighted by Crippen LogP contribution is -2.47. The normalized spacial score (nSPS) is 12.7. The molecule has 4 rings (SSSR count). The van der Waals surface area contributed by atoms with E-state index in [-0.39, 0.29) is 24.4 Å². The molecule has 0 saturated carbocycles. The van der Waals surface area contributed by atoms with E-state index in [1.807, 2.05) is 61.5 Å². The number of aryl methyl sites for hydroxylation is 1. The van der Waals surface area contributed by atoms with Crippen LogP contribution in [0.3, 0.4) is 0 Å². The maximum atomic E-state index is 13.3. The van der Waals surface area contributed by atoms with Crippen LogP contribution in [0.15, 0.2) is 83.8 Å². The molecular weight excluding hydrogens is 434 g/mol. The maximum absolute atomic E-state index is 13.3. The molecular formula is C26H27N3O3S. The van der Waals surface area contributed by atoms with Crippen molar-refractivity contribution >= 4 is 37.5 Å². The number of benzene rings is 4. The van der Waals surface area contributed by atoms with Gasteiger partial charge in [0.2, 0.25) is 15.9 Å². The van der Waals surface area contributed by atoms with Crippen molar-refractivity contribution in [3.05, 3.63) is 90.0 Å². The smallest absolute Gasteiger partial charge is 0.241 e. The summed E-state index contributed by atoms with van der Waals surface area (Å²) in [4.78, 5) is 13.1. The summed E-state index contributed by atoms with van der Waals surface area (Å²) in [5.41, 5.74) is 7.64. The predicted molar refractivity (Wildman–Crippen MR) is 132 cm³/mol. The number of sulfonamides is 1. The summed E-state index contributed by atoms with van der Waals surface area (Å²) in [6, 6.07) is 23.5. The van der Waals surface area contributed by atoms with Gasteiger partial charge in [-0.15, -0.1) is 0 Å². The molecule has 170 valence electrons. The van der Waals surface area contributed by atoms with Crippen molar-refractivity contribution in [2.24, 2.45) is 5.73 Å². The van der Waals surface area contributed by atoms with Gasteiger partial charge in [-0.1, -0.05) is 72.8 Å². The zero-order valence-corrected chi connectivity index (χ0v) is 19.2. The van der Waals surface area contributed by atoms with Gasteiger partial charge in [-0.2, -0.15) is 4.72 Å². The van der Waals surface area contributed by atoms with Gasteiger partial charge in [0.1, 0.15) is 6.04 Å². The second-order valence-corrected chi connectivity index (χ2v) is 9.72. The Morgan fingerprint density at radius 1 is 0.879 bits per heavy atom. The second kappa shape index (κ2) is 9.70. The van der Waals surface area contributed by atoms with Gasteiger partial charge < -0.3 is 11.1 Å². The number of carbonyl (C=O) groups is 1. The second-order valence-electron chi connectivity index (χ2n) is 8.03. The number of hydrogen-bond acceptors (Lipinski definition) is 4. The van der Waals surface area contributed by atoms with Crippen LogP contribution in [-0.4, -0.2) is 26.9 Å². The van der Waals surface area contributed by atoms with Crippen LogP contribution in [-0.2, 0) is 21.4 Å². The van der Waals surface area contributed by atoms with E-state index < -0.39 is 22.0 Å². The van der Waals surface area contributed by atoms with E-state index in [0.29, 0.717) is 5.39 Å². The zero-order valence-electron chi connectivity index (χ0n) is 18.4. The molecule has 0 spiro atoms. The van der Waals surface area contributed by atoms with Gasteiger partial charge in [0, 0.05) is 11.9 Å². The van der Waals surface area contributed by atoms with Gasteiger partial charge in [0.05, 0.1) is 4.90 Å². The number of hydrogen-bond donors (Lipinski definition) is 3. The SMILES string of the molecule is Cc1ccc(S(=O)(=O)NC(CCN)C(=O)NCc2cccc3ccccc23)c2ccccc12. The lowest BCUT2D eigenvalue weighted by Gasteiger charge is -2.19. The van der Waals surface area contributed by atoms with Crippen LogP contribution in [0.5, 0.6) is 0 Å². The summed E-state index contributed by atoms with van der Waals surface area (Å²) >= 11 is 0. The Labute approximate surface area is 193 Å². The molecule has 0 aromatic heterocycles. The molecule has 0 aliphatic carbocycles. The van der Waals surface area contributed by atoms with E-state index in [1.165, 1.54) is 0 Å². The van der Waals surface area contributed by atoms with Gasteiger partial charge in [-0.25, -0.2) is 8.42 Å². The minimum atomic E-state index is -3.95. The van der Waals surface area contributed by atoms with Crippen LogP contribution in [0.2, 0.25) is 0 Å². The number of nitrogens with two attached hydrogens (primary N) is 1. The third kappa shape index (κ3) is 4.90. The molecule has 4 aromatic rings. The predicted octanol–water partition coefficient (Wildman–Crippen LogP) is 3.61. The fraction of sp³-hybridized carbons (Fsp3) is 0.192. The molecule has 0 bridgehead atoms. The van der Waals surface area contributed by atoms with Crippen molar-refractivity contribution in [1.29, 1.82) is 0 Å². The van der Waals surface area contributed by atoms with Crippen LogP contribution >= 0.6 is 0 Å². The van der Waals surface area contributed by atoms with Crippen molar-refractivity contribution in [2.75, 3.05) is 6.54 Å². The third-order valence-electron chi connectivity index (χ3n) is 5.79. The highest BCUT2D eigenvalue weighted by Crippen LogP contribution is 2.26. The maximum Gasteiger partial charge on any atom is 0.241 e. The number of nitrogens with one attached hydrogen (secondary N) is 2. The topological polar surface area (TPSA) is 101 Å². The molecule has 0 aliphatic heterocycles. The first kappa shape index (κ1) is 22.9. The highest BCUT2D eigenvalue weighted by atomic mass is 32.2. The van der Waals surface area contributed by atoms with Crippen LogP contribution < -0.4 is 15.8 Å². The number of carbonyl (C=O) groups excluding carboxylic acids is 1. The largest absolute Gasteiger partial charge is 0.351 e. The first-order valence-electron chi connectivity index (χ1n) is 10.9. The van der Waals surface area contributed by atoms with Crippen LogP contribution in [0.1, 0.15) is 17.5 Å². The lowest BCUT2D eigenvalue weighted by molar-refractivity contribution is -0.123. The molecule has 1 amide bonds. The summed E-state index contributed by atoms with van der Waals surface area (Å²) in [6.07, 6.45) is 0.185. The van der Waals surface area contributed by atoms with Crippen molar-refractivity contribution in [2.45, 2.75) is 30.8 Å². The molecule has 1 atom stereocenters. The highest BCUT2D eigenvalue weighted by molar-refractivity contribution is 7.89. The zero-order chi connectivity index (χ0) is 23.4. The Kier molecular flexibility index (Phi) is 6.74. The molecule has 0 aliphatic rings. The molecule has 6 nitrogen and oxygen atoms in total. The first-order chi connectivity index (χ1) is 15.9.